The zero-order chi connectivity index (χ0) is 16.4. The highest BCUT2D eigenvalue weighted by Crippen LogP contribution is 2.36. The van der Waals surface area contributed by atoms with Gasteiger partial charge in [0, 0.05) is 10.8 Å². The summed E-state index contributed by atoms with van der Waals surface area (Å²) in [6, 6.07) is 10.1. The van der Waals surface area contributed by atoms with E-state index in [0.29, 0.717) is 28.0 Å². The molecule has 0 aromatic heterocycles. The van der Waals surface area contributed by atoms with Gasteiger partial charge in [0.2, 0.25) is 0 Å². The van der Waals surface area contributed by atoms with E-state index in [9.17, 15) is 13.6 Å². The normalized spacial score (nSPS) is 10.9. The van der Waals surface area contributed by atoms with Crippen LogP contribution in [0, 0.1) is 11.6 Å². The maximum absolute atomic E-state index is 13.6. The molecule has 0 saturated heterocycles. The smallest absolute Gasteiger partial charge is 0.434 e. The summed E-state index contributed by atoms with van der Waals surface area (Å²) in [5, 5.41) is 2.14. The predicted octanol–water partition coefficient (Wildman–Crippen LogP) is 5.20. The number of ether oxygens (including phenoxy) is 2. The van der Waals surface area contributed by atoms with Crippen LogP contribution in [0.3, 0.4) is 0 Å². The Kier molecular flexibility index (Phi) is 4.10. The maximum atomic E-state index is 13.6. The summed E-state index contributed by atoms with van der Waals surface area (Å²) in [6.45, 7) is 2.07. The fraction of sp³-hybridized carbons (Fsp3) is 0.167. The van der Waals surface area contributed by atoms with Crippen LogP contribution in [-0.4, -0.2) is 12.8 Å². The van der Waals surface area contributed by atoms with Crippen LogP contribution in [0.4, 0.5) is 13.6 Å². The predicted molar refractivity (Wildman–Crippen MR) is 83.6 cm³/mol. The van der Waals surface area contributed by atoms with E-state index >= 15 is 0 Å². The van der Waals surface area contributed by atoms with E-state index < -0.39 is 17.8 Å². The molecule has 5 heteroatoms. The van der Waals surface area contributed by atoms with Crippen molar-refractivity contribution in [2.45, 2.75) is 13.3 Å². The molecule has 0 fully saturated rings. The minimum atomic E-state index is -0.894. The number of hydrogen-bond acceptors (Lipinski definition) is 3. The molecule has 0 aliphatic rings. The van der Waals surface area contributed by atoms with Crippen LogP contribution in [0.5, 0.6) is 5.75 Å². The molecular weight excluding hydrogens is 302 g/mol. The molecule has 0 saturated carbocycles. The van der Waals surface area contributed by atoms with Crippen molar-refractivity contribution in [3.63, 3.8) is 0 Å². The molecule has 0 aliphatic heterocycles. The van der Waals surface area contributed by atoms with Crippen molar-refractivity contribution in [2.75, 3.05) is 6.61 Å². The Hall–Kier alpha value is -2.69. The largest absolute Gasteiger partial charge is 0.513 e. The third-order valence-corrected chi connectivity index (χ3v) is 3.44. The van der Waals surface area contributed by atoms with E-state index in [4.69, 9.17) is 9.47 Å². The SMILES string of the molecule is CCCOC(=O)Oc1c2cc(F)ccc2cc2ccc(F)cc12. The van der Waals surface area contributed by atoms with Crippen LogP contribution < -0.4 is 4.74 Å². The van der Waals surface area contributed by atoms with Crippen LogP contribution >= 0.6 is 0 Å². The Balaban J connectivity index is 2.21. The summed E-state index contributed by atoms with van der Waals surface area (Å²) in [5.74, 6) is -0.849. The first-order valence-corrected chi connectivity index (χ1v) is 7.24. The first kappa shape index (κ1) is 15.2. The number of rotatable bonds is 3. The van der Waals surface area contributed by atoms with Gasteiger partial charge in [-0.15, -0.1) is 0 Å². The number of fused-ring (bicyclic) bond motifs is 2. The fourth-order valence-corrected chi connectivity index (χ4v) is 2.42. The van der Waals surface area contributed by atoms with E-state index in [1.54, 1.807) is 18.2 Å². The van der Waals surface area contributed by atoms with Gasteiger partial charge in [-0.05, 0) is 47.5 Å². The highest BCUT2D eigenvalue weighted by molar-refractivity contribution is 6.06. The Morgan fingerprint density at radius 3 is 2.04 bits per heavy atom. The average Bonchev–Trinajstić information content (AvgIpc) is 2.53. The van der Waals surface area contributed by atoms with Crippen molar-refractivity contribution in [3.05, 3.63) is 54.1 Å². The van der Waals surface area contributed by atoms with Crippen molar-refractivity contribution >= 4 is 27.7 Å². The minimum absolute atomic E-state index is 0.0950. The average molecular weight is 316 g/mol. The summed E-state index contributed by atoms with van der Waals surface area (Å²) in [7, 11) is 0. The summed E-state index contributed by atoms with van der Waals surface area (Å²) < 4.78 is 37.3. The van der Waals surface area contributed by atoms with E-state index in [1.807, 2.05) is 6.92 Å². The lowest BCUT2D eigenvalue weighted by atomic mass is 10.0. The van der Waals surface area contributed by atoms with Gasteiger partial charge in [0.15, 0.2) is 0 Å². The molecular formula is C18H14F2O3. The lowest BCUT2D eigenvalue weighted by Gasteiger charge is -2.12. The fourth-order valence-electron chi connectivity index (χ4n) is 2.42. The lowest BCUT2D eigenvalue weighted by molar-refractivity contribution is 0.100. The lowest BCUT2D eigenvalue weighted by Crippen LogP contribution is -2.11. The molecule has 3 rings (SSSR count). The van der Waals surface area contributed by atoms with Gasteiger partial charge in [0.05, 0.1) is 6.61 Å². The van der Waals surface area contributed by atoms with E-state index in [1.165, 1.54) is 24.3 Å². The number of halogens is 2. The van der Waals surface area contributed by atoms with Crippen molar-refractivity contribution in [3.8, 4) is 5.75 Å². The van der Waals surface area contributed by atoms with Crippen LogP contribution in [0.1, 0.15) is 13.3 Å². The zero-order valence-corrected chi connectivity index (χ0v) is 12.4. The second-order valence-corrected chi connectivity index (χ2v) is 5.14. The second kappa shape index (κ2) is 6.20. The molecule has 23 heavy (non-hydrogen) atoms. The molecule has 0 amide bonds. The molecule has 0 radical (unpaired) electrons. The Morgan fingerprint density at radius 1 is 0.957 bits per heavy atom. The topological polar surface area (TPSA) is 35.5 Å². The van der Waals surface area contributed by atoms with Crippen molar-refractivity contribution in [1.82, 2.24) is 0 Å². The number of carbonyl (C=O) groups excluding carboxylic acids is 1. The molecule has 0 N–H and O–H groups in total. The standard InChI is InChI=1S/C18H14F2O3/c1-2-7-22-18(21)23-17-15-9-13(19)5-3-11(15)8-12-4-6-14(20)10-16(12)17/h3-6,8-10H,2,7H2,1H3. The number of carbonyl (C=O) groups is 1. The summed E-state index contributed by atoms with van der Waals surface area (Å²) in [5.41, 5.74) is 0. The summed E-state index contributed by atoms with van der Waals surface area (Å²) >= 11 is 0. The van der Waals surface area contributed by atoms with Crippen LogP contribution in [0.25, 0.3) is 21.5 Å². The summed E-state index contributed by atoms with van der Waals surface area (Å²) in [4.78, 5) is 11.8. The van der Waals surface area contributed by atoms with Gasteiger partial charge in [-0.2, -0.15) is 0 Å². The highest BCUT2D eigenvalue weighted by atomic mass is 19.1. The van der Waals surface area contributed by atoms with Crippen molar-refractivity contribution in [1.29, 1.82) is 0 Å². The van der Waals surface area contributed by atoms with Gasteiger partial charge in [-0.25, -0.2) is 13.6 Å². The number of hydrogen-bond donors (Lipinski definition) is 0. The van der Waals surface area contributed by atoms with Gasteiger partial charge in [0.25, 0.3) is 0 Å². The Labute approximate surface area is 131 Å². The van der Waals surface area contributed by atoms with Crippen molar-refractivity contribution < 1.29 is 23.0 Å². The van der Waals surface area contributed by atoms with Crippen LogP contribution in [-0.2, 0) is 4.74 Å². The van der Waals surface area contributed by atoms with Gasteiger partial charge in [0.1, 0.15) is 17.4 Å². The molecule has 118 valence electrons. The molecule has 3 aromatic carbocycles. The maximum Gasteiger partial charge on any atom is 0.513 e. The molecule has 0 aliphatic carbocycles. The summed E-state index contributed by atoms with van der Waals surface area (Å²) in [6.07, 6.45) is -0.247. The molecule has 0 heterocycles. The van der Waals surface area contributed by atoms with Gasteiger partial charge < -0.3 is 9.47 Å². The van der Waals surface area contributed by atoms with Gasteiger partial charge in [-0.1, -0.05) is 19.1 Å². The zero-order valence-electron chi connectivity index (χ0n) is 12.4. The first-order valence-electron chi connectivity index (χ1n) is 7.24. The van der Waals surface area contributed by atoms with Gasteiger partial charge >= 0.3 is 6.16 Å². The Morgan fingerprint density at radius 2 is 1.52 bits per heavy atom. The van der Waals surface area contributed by atoms with Gasteiger partial charge in [-0.3, -0.25) is 0 Å². The third kappa shape index (κ3) is 3.08. The first-order chi connectivity index (χ1) is 11.1. The third-order valence-electron chi connectivity index (χ3n) is 3.44. The molecule has 3 nitrogen and oxygen atoms in total. The second-order valence-electron chi connectivity index (χ2n) is 5.14. The van der Waals surface area contributed by atoms with E-state index in [0.717, 1.165) is 0 Å². The molecule has 0 spiro atoms. The number of benzene rings is 3. The molecule has 3 aromatic rings. The highest BCUT2D eigenvalue weighted by Gasteiger charge is 2.15. The minimum Gasteiger partial charge on any atom is -0.434 e. The van der Waals surface area contributed by atoms with E-state index in [-0.39, 0.29) is 12.4 Å². The monoisotopic (exact) mass is 316 g/mol. The molecule has 0 atom stereocenters. The van der Waals surface area contributed by atoms with Crippen molar-refractivity contribution in [2.24, 2.45) is 0 Å². The molecule has 0 unspecified atom stereocenters. The molecule has 0 bridgehead atoms. The van der Waals surface area contributed by atoms with Crippen LogP contribution in [0.2, 0.25) is 0 Å². The van der Waals surface area contributed by atoms with Crippen LogP contribution in [0.15, 0.2) is 42.5 Å². The quantitative estimate of drug-likeness (QED) is 0.378. The Bertz CT molecular complexity index is 830. The van der Waals surface area contributed by atoms with E-state index in [2.05, 4.69) is 0 Å².